The fourth-order valence-corrected chi connectivity index (χ4v) is 2.00. The van der Waals surface area contributed by atoms with E-state index in [1.165, 1.54) is 13.2 Å². The normalized spacial score (nSPS) is 12.2. The molecular weight excluding hydrogens is 244 g/mol. The standard InChI is InChI=1S/C15H16O4/c1-9-4-5-11(10(2)8-9)14(16)12-6-7-13(19-12)15(17)18-3/h4-8,14,16H,1-3H3. The van der Waals surface area contributed by atoms with Gasteiger partial charge in [-0.2, -0.15) is 0 Å². The number of aliphatic hydroxyl groups excluding tert-OH is 1. The Labute approximate surface area is 111 Å². The fraction of sp³-hybridized carbons (Fsp3) is 0.267. The third-order valence-corrected chi connectivity index (χ3v) is 3.00. The van der Waals surface area contributed by atoms with E-state index in [4.69, 9.17) is 4.42 Å². The molecule has 4 nitrogen and oxygen atoms in total. The van der Waals surface area contributed by atoms with Crippen LogP contribution in [-0.2, 0) is 4.74 Å². The highest BCUT2D eigenvalue weighted by atomic mass is 16.5. The molecule has 0 amide bonds. The number of carbonyl (C=O) groups is 1. The molecule has 1 aromatic heterocycles. The van der Waals surface area contributed by atoms with Gasteiger partial charge in [-0.1, -0.05) is 23.8 Å². The molecule has 1 unspecified atom stereocenters. The molecule has 0 saturated carbocycles. The van der Waals surface area contributed by atoms with Gasteiger partial charge in [-0.25, -0.2) is 4.79 Å². The monoisotopic (exact) mass is 260 g/mol. The van der Waals surface area contributed by atoms with Gasteiger partial charge in [0.2, 0.25) is 5.76 Å². The van der Waals surface area contributed by atoms with Crippen molar-refractivity contribution in [1.82, 2.24) is 0 Å². The molecule has 0 radical (unpaired) electrons. The molecule has 1 N–H and O–H groups in total. The molecule has 4 heteroatoms. The lowest BCUT2D eigenvalue weighted by Gasteiger charge is -2.12. The molecule has 0 spiro atoms. The van der Waals surface area contributed by atoms with E-state index in [2.05, 4.69) is 4.74 Å². The summed E-state index contributed by atoms with van der Waals surface area (Å²) in [6.07, 6.45) is -0.890. The van der Waals surface area contributed by atoms with Crippen molar-refractivity contribution in [1.29, 1.82) is 0 Å². The minimum absolute atomic E-state index is 0.0846. The molecule has 2 aromatic rings. The van der Waals surface area contributed by atoms with E-state index in [1.54, 1.807) is 6.07 Å². The second-order valence-electron chi connectivity index (χ2n) is 4.46. The molecular formula is C15H16O4. The molecule has 0 saturated heterocycles. The highest BCUT2D eigenvalue weighted by molar-refractivity contribution is 5.86. The number of rotatable bonds is 3. The number of ether oxygens (including phenoxy) is 1. The maximum absolute atomic E-state index is 11.3. The smallest absolute Gasteiger partial charge is 0.373 e. The number of furan rings is 1. The van der Waals surface area contributed by atoms with E-state index >= 15 is 0 Å². The minimum Gasteiger partial charge on any atom is -0.463 e. The van der Waals surface area contributed by atoms with Crippen LogP contribution in [0.1, 0.15) is 39.1 Å². The van der Waals surface area contributed by atoms with Crippen LogP contribution in [0.25, 0.3) is 0 Å². The SMILES string of the molecule is COC(=O)c1ccc(C(O)c2ccc(C)cc2C)o1. The van der Waals surface area contributed by atoms with Gasteiger partial charge in [0.1, 0.15) is 11.9 Å². The maximum Gasteiger partial charge on any atom is 0.373 e. The van der Waals surface area contributed by atoms with Crippen molar-refractivity contribution in [2.45, 2.75) is 20.0 Å². The number of aliphatic hydroxyl groups is 1. The van der Waals surface area contributed by atoms with E-state index in [0.29, 0.717) is 5.76 Å². The number of esters is 1. The number of hydrogen-bond acceptors (Lipinski definition) is 4. The Bertz CT molecular complexity index is 598. The lowest BCUT2D eigenvalue weighted by Crippen LogP contribution is -2.02. The molecule has 0 aliphatic rings. The highest BCUT2D eigenvalue weighted by Gasteiger charge is 2.19. The topological polar surface area (TPSA) is 59.7 Å². The largest absolute Gasteiger partial charge is 0.463 e. The van der Waals surface area contributed by atoms with Crippen LogP contribution in [-0.4, -0.2) is 18.2 Å². The molecule has 0 fully saturated rings. The first-order valence-corrected chi connectivity index (χ1v) is 5.96. The summed E-state index contributed by atoms with van der Waals surface area (Å²) in [7, 11) is 1.28. The highest BCUT2D eigenvalue weighted by Crippen LogP contribution is 2.27. The van der Waals surface area contributed by atoms with Crippen LogP contribution in [0.4, 0.5) is 0 Å². The van der Waals surface area contributed by atoms with Crippen LogP contribution in [0, 0.1) is 13.8 Å². The Hall–Kier alpha value is -2.07. The Morgan fingerprint density at radius 1 is 1.26 bits per heavy atom. The van der Waals surface area contributed by atoms with Crippen LogP contribution in [0.3, 0.4) is 0 Å². The average Bonchev–Trinajstić information content (AvgIpc) is 2.86. The van der Waals surface area contributed by atoms with Gasteiger partial charge in [0.05, 0.1) is 7.11 Å². The summed E-state index contributed by atoms with van der Waals surface area (Å²) in [6, 6.07) is 8.85. The average molecular weight is 260 g/mol. The van der Waals surface area contributed by atoms with Crippen molar-refractivity contribution >= 4 is 5.97 Å². The molecule has 0 bridgehead atoms. The van der Waals surface area contributed by atoms with Crippen molar-refractivity contribution in [3.05, 3.63) is 58.5 Å². The van der Waals surface area contributed by atoms with Crippen LogP contribution in [0.2, 0.25) is 0 Å². The van der Waals surface area contributed by atoms with Crippen molar-refractivity contribution in [3.63, 3.8) is 0 Å². The zero-order chi connectivity index (χ0) is 14.0. The van der Waals surface area contributed by atoms with Crippen LogP contribution >= 0.6 is 0 Å². The van der Waals surface area contributed by atoms with Gasteiger partial charge >= 0.3 is 5.97 Å². The summed E-state index contributed by atoms with van der Waals surface area (Å²) in [6.45, 7) is 3.92. The summed E-state index contributed by atoms with van der Waals surface area (Å²) in [5, 5.41) is 10.3. The molecule has 0 aliphatic heterocycles. The third-order valence-electron chi connectivity index (χ3n) is 3.00. The third kappa shape index (κ3) is 2.69. The van der Waals surface area contributed by atoms with Crippen LogP contribution in [0.5, 0.6) is 0 Å². The van der Waals surface area contributed by atoms with E-state index in [0.717, 1.165) is 16.7 Å². The molecule has 1 atom stereocenters. The molecule has 1 heterocycles. The Morgan fingerprint density at radius 2 is 2.00 bits per heavy atom. The fourth-order valence-electron chi connectivity index (χ4n) is 2.00. The number of carbonyl (C=O) groups excluding carboxylic acids is 1. The molecule has 19 heavy (non-hydrogen) atoms. The van der Waals surface area contributed by atoms with Gasteiger partial charge in [-0.05, 0) is 37.1 Å². The number of benzene rings is 1. The quantitative estimate of drug-likeness (QED) is 0.862. The van der Waals surface area contributed by atoms with Crippen LogP contribution in [0.15, 0.2) is 34.7 Å². The van der Waals surface area contributed by atoms with Crippen molar-refractivity contribution in [2.75, 3.05) is 7.11 Å². The molecule has 2 rings (SSSR count). The first-order valence-electron chi connectivity index (χ1n) is 5.96. The Morgan fingerprint density at radius 3 is 2.63 bits per heavy atom. The van der Waals surface area contributed by atoms with E-state index in [1.807, 2.05) is 32.0 Å². The zero-order valence-corrected chi connectivity index (χ0v) is 11.1. The second kappa shape index (κ2) is 5.28. The van der Waals surface area contributed by atoms with Gasteiger partial charge in [0.25, 0.3) is 0 Å². The summed E-state index contributed by atoms with van der Waals surface area (Å²) in [5.74, 6) is -0.146. The van der Waals surface area contributed by atoms with Gasteiger partial charge < -0.3 is 14.3 Å². The van der Waals surface area contributed by atoms with Crippen LogP contribution < -0.4 is 0 Å². The first-order chi connectivity index (χ1) is 9.02. The Kier molecular flexibility index (Phi) is 3.71. The first kappa shape index (κ1) is 13.4. The lowest BCUT2D eigenvalue weighted by atomic mass is 10.00. The summed E-state index contributed by atoms with van der Waals surface area (Å²) in [4.78, 5) is 11.3. The summed E-state index contributed by atoms with van der Waals surface area (Å²) >= 11 is 0. The van der Waals surface area contributed by atoms with Crippen molar-refractivity contribution in [3.8, 4) is 0 Å². The molecule has 100 valence electrons. The predicted molar refractivity (Wildman–Crippen MR) is 70.0 cm³/mol. The van der Waals surface area contributed by atoms with E-state index in [9.17, 15) is 9.90 Å². The summed E-state index contributed by atoms with van der Waals surface area (Å²) < 4.78 is 9.87. The molecule has 0 aliphatic carbocycles. The van der Waals surface area contributed by atoms with Crippen molar-refractivity contribution < 1.29 is 19.1 Å². The van der Waals surface area contributed by atoms with E-state index in [-0.39, 0.29) is 5.76 Å². The van der Waals surface area contributed by atoms with Gasteiger partial charge in [-0.15, -0.1) is 0 Å². The van der Waals surface area contributed by atoms with Crippen molar-refractivity contribution in [2.24, 2.45) is 0 Å². The lowest BCUT2D eigenvalue weighted by molar-refractivity contribution is 0.0558. The summed E-state index contributed by atoms with van der Waals surface area (Å²) in [5.41, 5.74) is 2.86. The molecule has 1 aromatic carbocycles. The van der Waals surface area contributed by atoms with Gasteiger partial charge in [-0.3, -0.25) is 0 Å². The number of aryl methyl sites for hydroxylation is 2. The Balaban J connectivity index is 2.31. The number of methoxy groups -OCH3 is 1. The number of hydrogen-bond donors (Lipinski definition) is 1. The minimum atomic E-state index is -0.890. The van der Waals surface area contributed by atoms with Gasteiger partial charge in [0, 0.05) is 0 Å². The maximum atomic E-state index is 11.3. The van der Waals surface area contributed by atoms with Gasteiger partial charge in [0.15, 0.2) is 0 Å². The predicted octanol–water partition coefficient (Wildman–Crippen LogP) is 2.76. The zero-order valence-electron chi connectivity index (χ0n) is 11.1. The second-order valence-corrected chi connectivity index (χ2v) is 4.46. The van der Waals surface area contributed by atoms with E-state index < -0.39 is 12.1 Å².